The molecule has 18 heteroatoms. The van der Waals surface area contributed by atoms with Gasteiger partial charge in [0.2, 0.25) is 11.8 Å². The molecule has 2 heterocycles. The van der Waals surface area contributed by atoms with Crippen LogP contribution in [0.1, 0.15) is 45.7 Å². The number of nitrogens with one attached hydrogen (secondary N) is 4. The zero-order valence-electron chi connectivity index (χ0n) is 28.6. The Balaban J connectivity index is 1.03. The molecular formula is C37H30F2N12O2S2. The van der Waals surface area contributed by atoms with E-state index in [1.54, 1.807) is 60.7 Å². The monoisotopic (exact) mass is 776 g/mol. The summed E-state index contributed by atoms with van der Waals surface area (Å²) < 4.78 is 28.6. The molecule has 2 aliphatic heterocycles. The van der Waals surface area contributed by atoms with Crippen molar-refractivity contribution in [3.63, 3.8) is 0 Å². The van der Waals surface area contributed by atoms with Gasteiger partial charge in [-0.2, -0.15) is 10.5 Å². The Morgan fingerprint density at radius 3 is 1.49 bits per heavy atom. The van der Waals surface area contributed by atoms with E-state index in [0.29, 0.717) is 44.0 Å². The number of benzene rings is 4. The molecule has 8 N–H and O–H groups in total. The average Bonchev–Trinajstić information content (AvgIpc) is 3.17. The summed E-state index contributed by atoms with van der Waals surface area (Å²) in [7, 11) is 0. The lowest BCUT2D eigenvalue weighted by atomic mass is 9.96. The Labute approximate surface area is 321 Å². The van der Waals surface area contributed by atoms with Gasteiger partial charge in [0.15, 0.2) is 34.6 Å². The summed E-state index contributed by atoms with van der Waals surface area (Å²) in [4.78, 5) is 42.6. The molecule has 0 radical (unpaired) electrons. The summed E-state index contributed by atoms with van der Waals surface area (Å²) in [5.41, 5.74) is 14.8. The van der Waals surface area contributed by atoms with Crippen LogP contribution in [-0.2, 0) is 16.0 Å². The number of nitrogens with two attached hydrogens (primary N) is 2. The third-order valence-corrected chi connectivity index (χ3v) is 9.70. The Hall–Kier alpha value is -6.76. The number of halogens is 2. The molecule has 0 bridgehead atoms. The van der Waals surface area contributed by atoms with E-state index in [0.717, 1.165) is 23.5 Å². The predicted molar refractivity (Wildman–Crippen MR) is 210 cm³/mol. The molecule has 0 unspecified atom stereocenters. The molecule has 55 heavy (non-hydrogen) atoms. The summed E-state index contributed by atoms with van der Waals surface area (Å²) in [6.07, 6.45) is -1.55. The van der Waals surface area contributed by atoms with Crippen LogP contribution in [0.3, 0.4) is 0 Å². The van der Waals surface area contributed by atoms with E-state index in [4.69, 9.17) is 11.5 Å². The summed E-state index contributed by atoms with van der Waals surface area (Å²) in [5.74, 6) is -1.77. The number of carbonyl (C=O) groups excluding carboxylic acids is 2. The largest absolute Gasteiger partial charge is 0.370 e. The first-order valence-electron chi connectivity index (χ1n) is 16.3. The Kier molecular flexibility index (Phi) is 12.0. The summed E-state index contributed by atoms with van der Waals surface area (Å²) in [6, 6.07) is 26.2. The van der Waals surface area contributed by atoms with Gasteiger partial charge in [-0.1, -0.05) is 72.1 Å². The van der Waals surface area contributed by atoms with Crippen molar-refractivity contribution in [1.82, 2.24) is 10.6 Å². The van der Waals surface area contributed by atoms with Gasteiger partial charge in [-0.25, -0.2) is 28.8 Å². The van der Waals surface area contributed by atoms with Gasteiger partial charge in [-0.05, 0) is 47.5 Å². The minimum Gasteiger partial charge on any atom is -0.370 e. The minimum absolute atomic E-state index is 0.0393. The SMILES string of the molecule is N#Cc1cc(NC(=O)CSC2=N[C@H](c3ccccc3F)N=C(N)N2)ccc1Cc1ccc(NC(=O)CSC2=N[C@H](c3ccccc3F)N=C(N)N2)cc1C#N. The third-order valence-electron chi connectivity index (χ3n) is 7.93. The molecular weight excluding hydrogens is 747 g/mol. The number of anilines is 2. The van der Waals surface area contributed by atoms with Gasteiger partial charge < -0.3 is 32.7 Å². The van der Waals surface area contributed by atoms with E-state index in [2.05, 4.69) is 53.4 Å². The van der Waals surface area contributed by atoms with Gasteiger partial charge in [-0.15, -0.1) is 0 Å². The van der Waals surface area contributed by atoms with Crippen molar-refractivity contribution < 1.29 is 18.4 Å². The summed E-state index contributed by atoms with van der Waals surface area (Å²) in [6.45, 7) is 0. The van der Waals surface area contributed by atoms with Crippen molar-refractivity contribution in [2.75, 3.05) is 22.1 Å². The molecule has 4 aromatic carbocycles. The van der Waals surface area contributed by atoms with Gasteiger partial charge in [0.05, 0.1) is 34.8 Å². The van der Waals surface area contributed by atoms with Crippen molar-refractivity contribution >= 4 is 69.0 Å². The lowest BCUT2D eigenvalue weighted by Crippen LogP contribution is -2.39. The van der Waals surface area contributed by atoms with Crippen LogP contribution in [0.15, 0.2) is 105 Å². The second-order valence-corrected chi connectivity index (χ2v) is 13.7. The zero-order valence-corrected chi connectivity index (χ0v) is 30.2. The number of hydrogen-bond donors (Lipinski definition) is 6. The quantitative estimate of drug-likeness (QED) is 0.131. The van der Waals surface area contributed by atoms with E-state index in [1.165, 1.54) is 24.3 Å². The van der Waals surface area contributed by atoms with Crippen molar-refractivity contribution in [1.29, 1.82) is 10.5 Å². The molecule has 2 aliphatic rings. The van der Waals surface area contributed by atoms with Crippen molar-refractivity contribution in [2.24, 2.45) is 31.4 Å². The standard InChI is InChI=1S/C37H30F2N12O2S2/c38-28-7-3-1-5-26(28)32-46-34(42)50-36(48-32)54-18-30(52)44-24-11-9-20(22(14-24)16-40)13-21-10-12-25(15-23(21)17-41)45-31(53)19-55-37-49-33(47-35(43)51-37)27-6-2-4-8-29(27)39/h1-12,14-15,32-33H,13,18-19H2,(H,44,52)(H,45,53)(H3,42,46,48,50)(H3,43,47,49,51)/t32-,33-/m1/s1. The fraction of sp³-hybridized carbons (Fsp3) is 0.135. The molecule has 2 atom stereocenters. The van der Waals surface area contributed by atoms with Crippen LogP contribution in [0.25, 0.3) is 0 Å². The second-order valence-electron chi connectivity index (χ2n) is 11.8. The fourth-order valence-electron chi connectivity index (χ4n) is 5.38. The predicted octanol–water partition coefficient (Wildman–Crippen LogP) is 4.59. The highest BCUT2D eigenvalue weighted by molar-refractivity contribution is 8.14. The van der Waals surface area contributed by atoms with Gasteiger partial charge in [0.25, 0.3) is 0 Å². The Bertz CT molecular complexity index is 2210. The highest BCUT2D eigenvalue weighted by atomic mass is 32.2. The zero-order chi connectivity index (χ0) is 38.9. The maximum absolute atomic E-state index is 14.3. The summed E-state index contributed by atoms with van der Waals surface area (Å²) >= 11 is 2.11. The van der Waals surface area contributed by atoms with E-state index in [9.17, 15) is 28.9 Å². The molecule has 0 fully saturated rings. The van der Waals surface area contributed by atoms with E-state index < -0.39 is 24.0 Å². The maximum Gasteiger partial charge on any atom is 0.234 e. The molecule has 0 saturated heterocycles. The fourth-order valence-corrected chi connectivity index (χ4v) is 6.76. The number of hydrogen-bond acceptors (Lipinski definition) is 14. The molecule has 6 rings (SSSR count). The van der Waals surface area contributed by atoms with Crippen LogP contribution in [0, 0.1) is 34.3 Å². The van der Waals surface area contributed by atoms with Crippen molar-refractivity contribution in [3.8, 4) is 12.1 Å². The van der Waals surface area contributed by atoms with Gasteiger partial charge in [0.1, 0.15) is 11.6 Å². The van der Waals surface area contributed by atoms with Crippen LogP contribution < -0.4 is 32.7 Å². The number of nitrogens with zero attached hydrogens (tertiary/aromatic N) is 6. The molecule has 0 spiro atoms. The summed E-state index contributed by atoms with van der Waals surface area (Å²) in [5, 5.41) is 31.5. The number of amides is 2. The average molecular weight is 777 g/mol. The highest BCUT2D eigenvalue weighted by Gasteiger charge is 2.22. The van der Waals surface area contributed by atoms with Crippen molar-refractivity contribution in [3.05, 3.63) is 130 Å². The minimum atomic E-state index is -0.889. The van der Waals surface area contributed by atoms with E-state index >= 15 is 0 Å². The Morgan fingerprint density at radius 2 is 1.09 bits per heavy atom. The van der Waals surface area contributed by atoms with Gasteiger partial charge >= 0.3 is 0 Å². The number of aliphatic imine (C=N–C) groups is 4. The molecule has 4 aromatic rings. The molecule has 14 nitrogen and oxygen atoms in total. The van der Waals surface area contributed by atoms with E-state index in [1.807, 2.05) is 0 Å². The molecule has 2 amide bonds. The number of nitriles is 2. The number of guanidine groups is 2. The normalized spacial score (nSPS) is 16.1. The first-order chi connectivity index (χ1) is 26.6. The second kappa shape index (κ2) is 17.4. The van der Waals surface area contributed by atoms with Gasteiger partial charge in [-0.3, -0.25) is 9.59 Å². The first kappa shape index (κ1) is 38.0. The maximum atomic E-state index is 14.3. The molecule has 0 saturated carbocycles. The van der Waals surface area contributed by atoms with Crippen LogP contribution in [0.4, 0.5) is 20.2 Å². The van der Waals surface area contributed by atoms with Gasteiger partial charge in [0, 0.05) is 28.9 Å². The van der Waals surface area contributed by atoms with Crippen LogP contribution in [0.2, 0.25) is 0 Å². The van der Waals surface area contributed by atoms with Crippen LogP contribution in [-0.4, -0.2) is 45.6 Å². The third kappa shape index (κ3) is 9.82. The number of carbonyl (C=O) groups is 2. The topological polar surface area (TPSA) is 231 Å². The highest BCUT2D eigenvalue weighted by Crippen LogP contribution is 2.27. The lowest BCUT2D eigenvalue weighted by molar-refractivity contribution is -0.114. The first-order valence-corrected chi connectivity index (χ1v) is 18.3. The number of amidine groups is 2. The molecule has 0 aliphatic carbocycles. The Morgan fingerprint density at radius 1 is 0.673 bits per heavy atom. The number of thioether (sulfide) groups is 2. The molecule has 0 aromatic heterocycles. The van der Waals surface area contributed by atoms with E-state index in [-0.39, 0.29) is 52.8 Å². The van der Waals surface area contributed by atoms with Crippen LogP contribution >= 0.6 is 23.5 Å². The smallest absolute Gasteiger partial charge is 0.234 e. The van der Waals surface area contributed by atoms with Crippen LogP contribution in [0.5, 0.6) is 0 Å². The number of rotatable bonds is 10. The molecule has 276 valence electrons. The lowest BCUT2D eigenvalue weighted by Gasteiger charge is -2.19. The van der Waals surface area contributed by atoms with Crippen molar-refractivity contribution in [2.45, 2.75) is 18.8 Å².